The molecule has 3 rings (SSSR count). The van der Waals surface area contributed by atoms with Crippen molar-refractivity contribution in [2.45, 2.75) is 20.4 Å². The van der Waals surface area contributed by atoms with E-state index in [4.69, 9.17) is 11.6 Å². The lowest BCUT2D eigenvalue weighted by molar-refractivity contribution is -0.857. The van der Waals surface area contributed by atoms with Crippen molar-refractivity contribution in [2.75, 3.05) is 32.5 Å². The first-order valence-corrected chi connectivity index (χ1v) is 10.3. The first-order valence-electron chi connectivity index (χ1n) is 9.96. The topological polar surface area (TPSA) is 69.6 Å². The number of likely N-dealkylation sites (N-methyl/N-ethyl adjacent to an activating group) is 1. The average Bonchev–Trinajstić information content (AvgIpc) is 2.67. The molecule has 158 valence electrons. The molecule has 0 saturated heterocycles. The number of hydrogen-bond donors (Lipinski definition) is 3. The predicted molar refractivity (Wildman–Crippen MR) is 123 cm³/mol. The van der Waals surface area contributed by atoms with E-state index in [-0.39, 0.29) is 18.1 Å². The lowest BCUT2D eigenvalue weighted by Gasteiger charge is -2.24. The second-order valence-electron chi connectivity index (χ2n) is 7.98. The minimum absolute atomic E-state index is 0.172. The van der Waals surface area contributed by atoms with Crippen molar-refractivity contribution in [3.8, 4) is 0 Å². The summed E-state index contributed by atoms with van der Waals surface area (Å²) in [4.78, 5) is 31.5. The smallest absolute Gasteiger partial charge is 0.322 e. The zero-order valence-electron chi connectivity index (χ0n) is 17.8. The van der Waals surface area contributed by atoms with E-state index >= 15 is 0 Å². The number of carbonyl (C=O) groups excluding carboxylic acids is 1. The van der Waals surface area contributed by atoms with Crippen molar-refractivity contribution in [3.05, 3.63) is 74.5 Å². The Labute approximate surface area is 181 Å². The van der Waals surface area contributed by atoms with Crippen molar-refractivity contribution in [2.24, 2.45) is 0 Å². The second-order valence-corrected chi connectivity index (χ2v) is 8.42. The van der Waals surface area contributed by atoms with Crippen molar-refractivity contribution >= 4 is 34.2 Å². The molecule has 30 heavy (non-hydrogen) atoms. The van der Waals surface area contributed by atoms with Crippen molar-refractivity contribution in [3.63, 3.8) is 0 Å². The molecule has 0 aliphatic carbocycles. The number of quaternary nitrogens is 1. The summed E-state index contributed by atoms with van der Waals surface area (Å²) in [6.45, 7) is 5.54. The largest absolute Gasteiger partial charge is 0.338 e. The number of rotatable bonds is 6. The number of nitrogens with zero attached hydrogens (tertiary/aromatic N) is 1. The lowest BCUT2D eigenvalue weighted by atomic mass is 10.0. The van der Waals surface area contributed by atoms with E-state index in [2.05, 4.69) is 16.4 Å². The third-order valence-electron chi connectivity index (χ3n) is 5.02. The predicted octanol–water partition coefficient (Wildman–Crippen LogP) is 2.98. The molecule has 3 N–H and O–H groups in total. The second kappa shape index (κ2) is 9.32. The Hall–Kier alpha value is -2.83. The highest BCUT2D eigenvalue weighted by Crippen LogP contribution is 2.19. The molecule has 1 heterocycles. The number of anilines is 1. The molecule has 7 heteroatoms. The Balaban J connectivity index is 1.88. The number of benzene rings is 2. The maximum Gasteiger partial charge on any atom is 0.322 e. The number of carbonyl (C=O) groups is 1. The zero-order valence-corrected chi connectivity index (χ0v) is 18.6. The fraction of sp³-hybridized carbons (Fsp3) is 0.304. The molecule has 6 nitrogen and oxygen atoms in total. The highest BCUT2D eigenvalue weighted by atomic mass is 35.5. The summed E-state index contributed by atoms with van der Waals surface area (Å²) in [6, 6.07) is 12.7. The van der Waals surface area contributed by atoms with Crippen molar-refractivity contribution < 1.29 is 9.69 Å². The Bertz CT molecular complexity index is 1110. The van der Waals surface area contributed by atoms with Gasteiger partial charge in [-0.25, -0.2) is 4.79 Å². The van der Waals surface area contributed by atoms with E-state index in [1.54, 1.807) is 29.2 Å². The minimum Gasteiger partial charge on any atom is -0.338 e. The van der Waals surface area contributed by atoms with Crippen LogP contribution in [0.15, 0.2) is 47.3 Å². The van der Waals surface area contributed by atoms with Crippen molar-refractivity contribution in [1.82, 2.24) is 9.88 Å². The molecule has 0 radical (unpaired) electrons. The first kappa shape index (κ1) is 21.9. The summed E-state index contributed by atoms with van der Waals surface area (Å²) in [5.74, 6) is 0. The third kappa shape index (κ3) is 5.40. The molecule has 1 aromatic heterocycles. The van der Waals surface area contributed by atoms with E-state index in [0.717, 1.165) is 28.6 Å². The number of halogens is 1. The van der Waals surface area contributed by atoms with Crippen LogP contribution < -0.4 is 15.8 Å². The molecule has 2 amide bonds. The fourth-order valence-electron chi connectivity index (χ4n) is 3.39. The quantitative estimate of drug-likeness (QED) is 0.566. The Morgan fingerprint density at radius 1 is 1.13 bits per heavy atom. The van der Waals surface area contributed by atoms with Gasteiger partial charge in [0.05, 0.1) is 33.7 Å². The van der Waals surface area contributed by atoms with Crippen LogP contribution in [0.1, 0.15) is 16.7 Å². The van der Waals surface area contributed by atoms with E-state index in [1.165, 1.54) is 4.90 Å². The zero-order chi connectivity index (χ0) is 21.8. The molecule has 0 atom stereocenters. The fourth-order valence-corrected chi connectivity index (χ4v) is 3.51. The first-order chi connectivity index (χ1) is 14.2. The maximum absolute atomic E-state index is 13.0. The van der Waals surface area contributed by atoms with Crippen LogP contribution in [-0.2, 0) is 6.54 Å². The van der Waals surface area contributed by atoms with Gasteiger partial charge in [0.15, 0.2) is 0 Å². The number of urea groups is 1. The van der Waals surface area contributed by atoms with Gasteiger partial charge in [0.25, 0.3) is 5.56 Å². The maximum atomic E-state index is 13.0. The van der Waals surface area contributed by atoms with Crippen LogP contribution >= 0.6 is 11.6 Å². The number of aromatic amines is 1. The van der Waals surface area contributed by atoms with Gasteiger partial charge in [-0.1, -0.05) is 17.7 Å². The summed E-state index contributed by atoms with van der Waals surface area (Å²) >= 11 is 5.93. The molecule has 2 aromatic carbocycles. The van der Waals surface area contributed by atoms with Crippen LogP contribution in [0.4, 0.5) is 10.5 Å². The molecule has 0 saturated carbocycles. The number of aromatic nitrogens is 1. The molecular weight excluding hydrogens is 400 g/mol. The summed E-state index contributed by atoms with van der Waals surface area (Å²) in [7, 11) is 4.06. The van der Waals surface area contributed by atoms with Crippen LogP contribution in [0.3, 0.4) is 0 Å². The van der Waals surface area contributed by atoms with Gasteiger partial charge in [0.1, 0.15) is 0 Å². The standard InChI is InChI=1S/C23H27ClN4O2/c1-15-11-16(2)20-13-17(22(29)26-21(20)12-15)14-28(10-9-27(3)4)23(30)25-19-7-5-18(24)6-8-19/h5-8,11-13H,9-10,14H2,1-4H3,(H,25,30)(H,26,29)/p+1. The average molecular weight is 428 g/mol. The number of aryl methyl sites for hydroxylation is 2. The summed E-state index contributed by atoms with van der Waals surface area (Å²) in [5, 5.41) is 4.49. The van der Waals surface area contributed by atoms with Crippen LogP contribution in [0.2, 0.25) is 5.02 Å². The number of amides is 2. The number of hydrogen-bond acceptors (Lipinski definition) is 2. The monoisotopic (exact) mass is 427 g/mol. The van der Waals surface area contributed by atoms with Gasteiger partial charge in [0.2, 0.25) is 0 Å². The highest BCUT2D eigenvalue weighted by Gasteiger charge is 2.18. The minimum atomic E-state index is -0.251. The number of H-pyrrole nitrogens is 1. The van der Waals surface area contributed by atoms with Gasteiger partial charge in [-0.2, -0.15) is 0 Å². The van der Waals surface area contributed by atoms with E-state index in [9.17, 15) is 9.59 Å². The van der Waals surface area contributed by atoms with Gasteiger partial charge in [-0.3, -0.25) is 4.79 Å². The molecular formula is C23H28ClN4O2+. The SMILES string of the molecule is Cc1cc(C)c2cc(CN(CC[NH+](C)C)C(=O)Nc3ccc(Cl)cc3)c(=O)[nH]c2c1. The van der Waals surface area contributed by atoms with E-state index in [1.807, 2.05) is 40.1 Å². The van der Waals surface area contributed by atoms with E-state index in [0.29, 0.717) is 22.8 Å². The molecule has 0 fully saturated rings. The Morgan fingerprint density at radius 3 is 2.50 bits per heavy atom. The molecule has 0 spiro atoms. The highest BCUT2D eigenvalue weighted by molar-refractivity contribution is 6.30. The molecule has 0 unspecified atom stereocenters. The van der Waals surface area contributed by atoms with Gasteiger partial charge < -0.3 is 20.1 Å². The number of nitrogens with one attached hydrogen (secondary N) is 3. The van der Waals surface area contributed by atoms with Crippen LogP contribution in [0, 0.1) is 13.8 Å². The van der Waals surface area contributed by atoms with Crippen LogP contribution in [-0.4, -0.2) is 43.1 Å². The normalized spacial score (nSPS) is 11.1. The molecule has 0 aliphatic rings. The number of fused-ring (bicyclic) bond motifs is 1. The molecule has 0 bridgehead atoms. The van der Waals surface area contributed by atoms with Crippen LogP contribution in [0.5, 0.6) is 0 Å². The van der Waals surface area contributed by atoms with Gasteiger partial charge in [-0.05, 0) is 61.4 Å². The molecule has 3 aromatic rings. The van der Waals surface area contributed by atoms with Crippen LogP contribution in [0.25, 0.3) is 10.9 Å². The van der Waals surface area contributed by atoms with Gasteiger partial charge >= 0.3 is 6.03 Å². The van der Waals surface area contributed by atoms with E-state index < -0.39 is 0 Å². The summed E-state index contributed by atoms with van der Waals surface area (Å²) in [6.07, 6.45) is 0. The lowest BCUT2D eigenvalue weighted by Crippen LogP contribution is -3.06. The Morgan fingerprint density at radius 2 is 1.83 bits per heavy atom. The van der Waals surface area contributed by atoms with Gasteiger partial charge in [0, 0.05) is 27.2 Å². The molecule has 0 aliphatic heterocycles. The van der Waals surface area contributed by atoms with Crippen molar-refractivity contribution in [1.29, 1.82) is 0 Å². The summed E-state index contributed by atoms with van der Waals surface area (Å²) < 4.78 is 0. The summed E-state index contributed by atoms with van der Waals surface area (Å²) in [5.41, 5.74) is 4.06. The Kier molecular flexibility index (Phi) is 6.80. The third-order valence-corrected chi connectivity index (χ3v) is 5.27. The van der Waals surface area contributed by atoms with Gasteiger partial charge in [-0.15, -0.1) is 0 Å². The number of pyridine rings is 1.